The van der Waals surface area contributed by atoms with Gasteiger partial charge in [0.1, 0.15) is 5.69 Å². The third-order valence-electron chi connectivity index (χ3n) is 2.97. The number of nitrogens with two attached hydrogens (primary N) is 1. The Morgan fingerprint density at radius 2 is 2.05 bits per heavy atom. The molecule has 2 aromatic rings. The number of aryl methyl sites for hydroxylation is 1. The van der Waals surface area contributed by atoms with E-state index in [0.29, 0.717) is 17.8 Å². The summed E-state index contributed by atoms with van der Waals surface area (Å²) < 4.78 is 0. The van der Waals surface area contributed by atoms with Crippen molar-refractivity contribution < 1.29 is 14.7 Å². The van der Waals surface area contributed by atoms with E-state index in [1.54, 1.807) is 12.1 Å². The molecule has 0 unspecified atom stereocenters. The zero-order valence-electron chi connectivity index (χ0n) is 11.5. The molecule has 0 saturated heterocycles. The summed E-state index contributed by atoms with van der Waals surface area (Å²) in [6.07, 6.45) is 1.48. The van der Waals surface area contributed by atoms with Crippen molar-refractivity contribution in [2.24, 2.45) is 5.73 Å². The normalized spacial score (nSPS) is 10.1. The number of carbonyl (C=O) groups excluding carboxylic acids is 1. The average Bonchev–Trinajstić information content (AvgIpc) is 2.45. The summed E-state index contributed by atoms with van der Waals surface area (Å²) in [6, 6.07) is 8.42. The average molecular weight is 285 g/mol. The van der Waals surface area contributed by atoms with Gasteiger partial charge in [-0.15, -0.1) is 0 Å². The zero-order valence-corrected chi connectivity index (χ0v) is 11.5. The SMILES string of the molecule is Cc1ccc(C(N)=O)c(NCc2ccc(C(=O)O)nc2)c1. The molecule has 1 aromatic heterocycles. The minimum absolute atomic E-state index is 0.00729. The standard InChI is InChI=1S/C15H15N3O3/c1-9-2-4-11(14(16)19)13(6-9)18-8-10-3-5-12(15(20)21)17-7-10/h2-7,18H,8H2,1H3,(H2,16,19)(H,20,21). The van der Waals surface area contributed by atoms with E-state index in [2.05, 4.69) is 10.3 Å². The van der Waals surface area contributed by atoms with Crippen molar-refractivity contribution in [2.75, 3.05) is 5.32 Å². The number of rotatable bonds is 5. The fourth-order valence-electron chi connectivity index (χ4n) is 1.87. The molecular weight excluding hydrogens is 270 g/mol. The van der Waals surface area contributed by atoms with Gasteiger partial charge in [0.25, 0.3) is 5.91 Å². The first-order valence-corrected chi connectivity index (χ1v) is 6.30. The van der Waals surface area contributed by atoms with Crippen LogP contribution in [0, 0.1) is 6.92 Å². The number of carboxylic acid groups (broad SMARTS) is 1. The highest BCUT2D eigenvalue weighted by Crippen LogP contribution is 2.18. The maximum absolute atomic E-state index is 11.4. The molecule has 1 heterocycles. The summed E-state index contributed by atoms with van der Waals surface area (Å²) in [5.74, 6) is -1.57. The number of pyridine rings is 1. The van der Waals surface area contributed by atoms with Gasteiger partial charge >= 0.3 is 5.97 Å². The van der Waals surface area contributed by atoms with Crippen molar-refractivity contribution in [3.05, 3.63) is 58.9 Å². The fraction of sp³-hybridized carbons (Fsp3) is 0.133. The second-order valence-corrected chi connectivity index (χ2v) is 4.62. The van der Waals surface area contributed by atoms with Crippen LogP contribution in [-0.2, 0) is 6.54 Å². The number of carboxylic acids is 1. The summed E-state index contributed by atoms with van der Waals surface area (Å²) >= 11 is 0. The first kappa shape index (κ1) is 14.5. The van der Waals surface area contributed by atoms with Crippen molar-refractivity contribution in [1.82, 2.24) is 4.98 Å². The molecule has 0 aliphatic carbocycles. The zero-order chi connectivity index (χ0) is 15.4. The predicted molar refractivity (Wildman–Crippen MR) is 78.2 cm³/mol. The number of nitrogens with zero attached hydrogens (tertiary/aromatic N) is 1. The monoisotopic (exact) mass is 285 g/mol. The molecule has 6 nitrogen and oxygen atoms in total. The highest BCUT2D eigenvalue weighted by atomic mass is 16.4. The minimum Gasteiger partial charge on any atom is -0.477 e. The minimum atomic E-state index is -1.07. The highest BCUT2D eigenvalue weighted by molar-refractivity contribution is 5.98. The van der Waals surface area contributed by atoms with Crippen molar-refractivity contribution in [3.8, 4) is 0 Å². The van der Waals surface area contributed by atoms with Gasteiger partial charge in [0, 0.05) is 18.4 Å². The maximum Gasteiger partial charge on any atom is 0.354 e. The number of aromatic carboxylic acids is 1. The van der Waals surface area contributed by atoms with Crippen LogP contribution in [0.25, 0.3) is 0 Å². The van der Waals surface area contributed by atoms with Crippen LogP contribution >= 0.6 is 0 Å². The first-order valence-electron chi connectivity index (χ1n) is 6.30. The van der Waals surface area contributed by atoms with Gasteiger partial charge in [-0.3, -0.25) is 4.79 Å². The number of nitrogens with one attached hydrogen (secondary N) is 1. The third kappa shape index (κ3) is 3.56. The van der Waals surface area contributed by atoms with E-state index in [4.69, 9.17) is 10.8 Å². The summed E-state index contributed by atoms with van der Waals surface area (Å²) in [6.45, 7) is 2.33. The van der Waals surface area contributed by atoms with E-state index < -0.39 is 11.9 Å². The molecule has 0 saturated carbocycles. The van der Waals surface area contributed by atoms with Gasteiger partial charge < -0.3 is 16.2 Å². The van der Waals surface area contributed by atoms with Gasteiger partial charge in [0.15, 0.2) is 0 Å². The number of carbonyl (C=O) groups is 2. The van der Waals surface area contributed by atoms with Crippen LogP contribution < -0.4 is 11.1 Å². The van der Waals surface area contributed by atoms with Crippen LogP contribution in [0.4, 0.5) is 5.69 Å². The van der Waals surface area contributed by atoms with Gasteiger partial charge in [-0.2, -0.15) is 0 Å². The molecule has 0 radical (unpaired) electrons. The maximum atomic E-state index is 11.4. The van der Waals surface area contributed by atoms with E-state index in [0.717, 1.165) is 11.1 Å². The Kier molecular flexibility index (Phi) is 4.18. The Balaban J connectivity index is 2.14. The first-order chi connectivity index (χ1) is 9.97. The van der Waals surface area contributed by atoms with Crippen molar-refractivity contribution in [2.45, 2.75) is 13.5 Å². The van der Waals surface area contributed by atoms with Crippen LogP contribution in [0.3, 0.4) is 0 Å². The Morgan fingerprint density at radius 1 is 1.29 bits per heavy atom. The lowest BCUT2D eigenvalue weighted by atomic mass is 10.1. The summed E-state index contributed by atoms with van der Waals surface area (Å²) in [5.41, 5.74) is 8.18. The Labute approximate surface area is 121 Å². The molecular formula is C15H15N3O3. The van der Waals surface area contributed by atoms with Gasteiger partial charge in [-0.05, 0) is 36.2 Å². The van der Waals surface area contributed by atoms with Gasteiger partial charge in [0.2, 0.25) is 0 Å². The van der Waals surface area contributed by atoms with Crippen LogP contribution in [0.1, 0.15) is 32.0 Å². The molecule has 0 fully saturated rings. The van der Waals surface area contributed by atoms with Crippen LogP contribution in [-0.4, -0.2) is 22.0 Å². The number of benzene rings is 1. The number of hydrogen-bond acceptors (Lipinski definition) is 4. The molecule has 0 atom stereocenters. The Bertz CT molecular complexity index is 681. The van der Waals surface area contributed by atoms with Crippen LogP contribution in [0.5, 0.6) is 0 Å². The lowest BCUT2D eigenvalue weighted by Gasteiger charge is -2.11. The molecule has 0 spiro atoms. The van der Waals surface area contributed by atoms with Gasteiger partial charge in [-0.25, -0.2) is 9.78 Å². The summed E-state index contributed by atoms with van der Waals surface area (Å²) in [7, 11) is 0. The Morgan fingerprint density at radius 3 is 2.62 bits per heavy atom. The largest absolute Gasteiger partial charge is 0.477 e. The summed E-state index contributed by atoms with van der Waals surface area (Å²) in [5, 5.41) is 11.9. The van der Waals surface area contributed by atoms with Crippen LogP contribution in [0.2, 0.25) is 0 Å². The molecule has 108 valence electrons. The van der Waals surface area contributed by atoms with E-state index >= 15 is 0 Å². The summed E-state index contributed by atoms with van der Waals surface area (Å²) in [4.78, 5) is 25.9. The number of amides is 1. The van der Waals surface area contributed by atoms with Crippen molar-refractivity contribution in [1.29, 1.82) is 0 Å². The van der Waals surface area contributed by atoms with E-state index in [-0.39, 0.29) is 5.69 Å². The molecule has 0 aliphatic rings. The number of primary amides is 1. The van der Waals surface area contributed by atoms with Gasteiger partial charge in [0.05, 0.1) is 5.56 Å². The number of anilines is 1. The van der Waals surface area contributed by atoms with Crippen molar-refractivity contribution >= 4 is 17.6 Å². The number of aromatic nitrogens is 1. The van der Waals surface area contributed by atoms with Crippen molar-refractivity contribution in [3.63, 3.8) is 0 Å². The Hall–Kier alpha value is -2.89. The molecule has 1 amide bonds. The third-order valence-corrected chi connectivity index (χ3v) is 2.97. The second kappa shape index (κ2) is 6.04. The number of hydrogen-bond donors (Lipinski definition) is 3. The van der Waals surface area contributed by atoms with E-state index in [1.165, 1.54) is 12.3 Å². The molecule has 2 rings (SSSR count). The van der Waals surface area contributed by atoms with E-state index in [9.17, 15) is 9.59 Å². The van der Waals surface area contributed by atoms with Gasteiger partial charge in [-0.1, -0.05) is 12.1 Å². The topological polar surface area (TPSA) is 105 Å². The smallest absolute Gasteiger partial charge is 0.354 e. The molecule has 0 bridgehead atoms. The van der Waals surface area contributed by atoms with Crippen LogP contribution in [0.15, 0.2) is 36.5 Å². The molecule has 6 heteroatoms. The molecule has 4 N–H and O–H groups in total. The lowest BCUT2D eigenvalue weighted by molar-refractivity contribution is 0.0690. The molecule has 1 aromatic carbocycles. The van der Waals surface area contributed by atoms with E-state index in [1.807, 2.05) is 19.1 Å². The second-order valence-electron chi connectivity index (χ2n) is 4.62. The lowest BCUT2D eigenvalue weighted by Crippen LogP contribution is -2.14. The fourth-order valence-corrected chi connectivity index (χ4v) is 1.87. The quantitative estimate of drug-likeness (QED) is 0.776. The molecule has 21 heavy (non-hydrogen) atoms. The highest BCUT2D eigenvalue weighted by Gasteiger charge is 2.08. The predicted octanol–water partition coefficient (Wildman–Crippen LogP) is 1.80. The molecule has 0 aliphatic heterocycles.